The van der Waals surface area contributed by atoms with Crippen molar-refractivity contribution in [3.8, 4) is 0 Å². The van der Waals surface area contributed by atoms with Gasteiger partial charge in [0, 0.05) is 0 Å². The van der Waals surface area contributed by atoms with E-state index in [1.54, 1.807) is 18.2 Å². The number of ketones is 1. The van der Waals surface area contributed by atoms with Crippen LogP contribution in [0.4, 0.5) is 4.39 Å². The van der Waals surface area contributed by atoms with E-state index < -0.39 is 6.10 Å². The minimum absolute atomic E-state index is 0.0409. The van der Waals surface area contributed by atoms with Gasteiger partial charge in [0.15, 0.2) is 5.78 Å². The van der Waals surface area contributed by atoms with Gasteiger partial charge in [0.1, 0.15) is 5.82 Å². The summed E-state index contributed by atoms with van der Waals surface area (Å²) >= 11 is 0. The molecule has 0 amide bonds. The van der Waals surface area contributed by atoms with Gasteiger partial charge in [0.05, 0.1) is 6.10 Å². The fourth-order valence-electron chi connectivity index (χ4n) is 2.89. The van der Waals surface area contributed by atoms with Gasteiger partial charge in [-0.05, 0) is 66.2 Å². The zero-order valence-corrected chi connectivity index (χ0v) is 13.8. The lowest BCUT2D eigenvalue weighted by molar-refractivity contribution is -0.110. The lowest BCUT2D eigenvalue weighted by atomic mass is 9.71. The number of carbonyl (C=O) groups excluding carboxylic acids is 1. The highest BCUT2D eigenvalue weighted by Crippen LogP contribution is 2.40. The summed E-state index contributed by atoms with van der Waals surface area (Å²) in [6.07, 6.45) is 7.69. The molecule has 122 valence electrons. The molecule has 1 aliphatic rings. The molecule has 0 spiro atoms. The average Bonchev–Trinajstić information content (AvgIpc) is 2.50. The number of halogens is 1. The van der Waals surface area contributed by atoms with Crippen LogP contribution < -0.4 is 0 Å². The Hall–Kier alpha value is -2.00. The number of allylic oxidation sites excluding steroid dienone is 4. The van der Waals surface area contributed by atoms with Gasteiger partial charge < -0.3 is 5.11 Å². The summed E-state index contributed by atoms with van der Waals surface area (Å²) in [5.41, 5.74) is 2.70. The molecule has 1 N–H and O–H groups in total. The molecule has 1 aromatic rings. The van der Waals surface area contributed by atoms with Gasteiger partial charge in [0.25, 0.3) is 0 Å². The maximum absolute atomic E-state index is 12.8. The second kappa shape index (κ2) is 7.05. The van der Waals surface area contributed by atoms with Crippen LogP contribution in [0.2, 0.25) is 0 Å². The van der Waals surface area contributed by atoms with Crippen LogP contribution in [-0.4, -0.2) is 17.0 Å². The Bertz CT molecular complexity index is 663. The molecule has 0 bridgehead atoms. The molecule has 2 nitrogen and oxygen atoms in total. The number of carbonyl (C=O) groups is 1. The van der Waals surface area contributed by atoms with E-state index in [1.807, 2.05) is 13.0 Å². The standard InChI is InChI=1S/C20H23FO2/c1-14-18(20(2,3)13-12-19(14)23)11-10-17(22)9-6-15-4-7-16(21)8-5-15/h4-11,19,23H,12-13H2,1-3H3/b9-6+,11-10+. The predicted molar refractivity (Wildman–Crippen MR) is 91.3 cm³/mol. The quantitative estimate of drug-likeness (QED) is 0.833. The summed E-state index contributed by atoms with van der Waals surface area (Å²) in [5.74, 6) is -0.431. The van der Waals surface area contributed by atoms with Crippen LogP contribution in [0.1, 0.15) is 39.2 Å². The van der Waals surface area contributed by atoms with Gasteiger partial charge in [-0.3, -0.25) is 4.79 Å². The number of aliphatic hydroxyl groups is 1. The van der Waals surface area contributed by atoms with Gasteiger partial charge >= 0.3 is 0 Å². The second-order valence-electron chi connectivity index (χ2n) is 6.66. The third-order valence-electron chi connectivity index (χ3n) is 4.42. The van der Waals surface area contributed by atoms with Crippen molar-refractivity contribution in [1.82, 2.24) is 0 Å². The third kappa shape index (κ3) is 4.49. The van der Waals surface area contributed by atoms with E-state index in [4.69, 9.17) is 0 Å². The number of benzene rings is 1. The molecule has 1 aromatic carbocycles. The molecule has 3 heteroatoms. The number of rotatable bonds is 4. The van der Waals surface area contributed by atoms with Crippen molar-refractivity contribution < 1.29 is 14.3 Å². The first kappa shape index (κ1) is 17.4. The van der Waals surface area contributed by atoms with Gasteiger partial charge in [-0.1, -0.05) is 38.1 Å². The fourth-order valence-corrected chi connectivity index (χ4v) is 2.89. The Balaban J connectivity index is 2.11. The smallest absolute Gasteiger partial charge is 0.178 e. The van der Waals surface area contributed by atoms with E-state index in [-0.39, 0.29) is 17.0 Å². The van der Waals surface area contributed by atoms with Crippen LogP contribution >= 0.6 is 0 Å². The molecule has 23 heavy (non-hydrogen) atoms. The molecule has 1 aliphatic carbocycles. The Kier molecular flexibility index (Phi) is 5.32. The van der Waals surface area contributed by atoms with Gasteiger partial charge in [0.2, 0.25) is 0 Å². The second-order valence-corrected chi connectivity index (χ2v) is 6.66. The molecule has 0 aliphatic heterocycles. The molecule has 1 unspecified atom stereocenters. The number of hydrogen-bond acceptors (Lipinski definition) is 2. The molecule has 0 radical (unpaired) electrons. The summed E-state index contributed by atoms with van der Waals surface area (Å²) in [6, 6.07) is 5.96. The number of hydrogen-bond donors (Lipinski definition) is 1. The largest absolute Gasteiger partial charge is 0.389 e. The normalized spacial score (nSPS) is 21.3. The molecule has 0 aromatic heterocycles. The monoisotopic (exact) mass is 314 g/mol. The summed E-state index contributed by atoms with van der Waals surface area (Å²) in [6.45, 7) is 6.17. The Morgan fingerprint density at radius 2 is 1.83 bits per heavy atom. The van der Waals surface area contributed by atoms with E-state index in [9.17, 15) is 14.3 Å². The van der Waals surface area contributed by atoms with Crippen LogP contribution in [0, 0.1) is 11.2 Å². The maximum Gasteiger partial charge on any atom is 0.178 e. The van der Waals surface area contributed by atoms with E-state index in [0.717, 1.165) is 29.6 Å². The molecule has 1 atom stereocenters. The van der Waals surface area contributed by atoms with Crippen LogP contribution in [0.25, 0.3) is 6.08 Å². The maximum atomic E-state index is 12.8. The fraction of sp³-hybridized carbons (Fsp3) is 0.350. The molecule has 0 saturated carbocycles. The number of aliphatic hydroxyl groups excluding tert-OH is 1. The topological polar surface area (TPSA) is 37.3 Å². The minimum Gasteiger partial charge on any atom is -0.389 e. The Morgan fingerprint density at radius 1 is 1.22 bits per heavy atom. The van der Waals surface area contributed by atoms with E-state index >= 15 is 0 Å². The predicted octanol–water partition coefficient (Wildman–Crippen LogP) is 4.46. The first-order chi connectivity index (χ1) is 10.8. The summed E-state index contributed by atoms with van der Waals surface area (Å²) in [5, 5.41) is 10.00. The van der Waals surface area contributed by atoms with Crippen LogP contribution in [0.5, 0.6) is 0 Å². The molecule has 2 rings (SSSR count). The summed E-state index contributed by atoms with van der Waals surface area (Å²) < 4.78 is 12.8. The van der Waals surface area contributed by atoms with Crippen LogP contribution in [-0.2, 0) is 4.79 Å². The molecule has 0 fully saturated rings. The Morgan fingerprint density at radius 3 is 2.48 bits per heavy atom. The first-order valence-electron chi connectivity index (χ1n) is 7.84. The van der Waals surface area contributed by atoms with Crippen LogP contribution in [0.3, 0.4) is 0 Å². The highest BCUT2D eigenvalue weighted by Gasteiger charge is 2.30. The highest BCUT2D eigenvalue weighted by atomic mass is 19.1. The SMILES string of the molecule is CC1=C(/C=C/C(=O)/C=C/c2ccc(F)cc2)C(C)(C)CCC1O. The van der Waals surface area contributed by atoms with Crippen molar-refractivity contribution in [2.45, 2.75) is 39.7 Å². The zero-order valence-electron chi connectivity index (χ0n) is 13.8. The Labute approximate surface area is 137 Å². The van der Waals surface area contributed by atoms with Crippen molar-refractivity contribution in [2.24, 2.45) is 5.41 Å². The van der Waals surface area contributed by atoms with E-state index in [0.29, 0.717) is 0 Å². The lowest BCUT2D eigenvalue weighted by Gasteiger charge is -2.35. The first-order valence-corrected chi connectivity index (χ1v) is 7.84. The minimum atomic E-state index is -0.424. The average molecular weight is 314 g/mol. The van der Waals surface area contributed by atoms with Crippen LogP contribution in [0.15, 0.2) is 53.6 Å². The van der Waals surface area contributed by atoms with Crippen molar-refractivity contribution >= 4 is 11.9 Å². The molecular weight excluding hydrogens is 291 g/mol. The molecule has 0 heterocycles. The third-order valence-corrected chi connectivity index (χ3v) is 4.42. The van der Waals surface area contributed by atoms with E-state index in [2.05, 4.69) is 13.8 Å². The van der Waals surface area contributed by atoms with Gasteiger partial charge in [-0.2, -0.15) is 0 Å². The van der Waals surface area contributed by atoms with Crippen molar-refractivity contribution in [1.29, 1.82) is 0 Å². The molecular formula is C20H23FO2. The zero-order chi connectivity index (χ0) is 17.0. The molecule has 0 saturated heterocycles. The summed E-state index contributed by atoms with van der Waals surface area (Å²) in [7, 11) is 0. The van der Waals surface area contributed by atoms with Crippen molar-refractivity contribution in [3.63, 3.8) is 0 Å². The van der Waals surface area contributed by atoms with Crippen molar-refractivity contribution in [3.05, 3.63) is 65.0 Å². The van der Waals surface area contributed by atoms with E-state index in [1.165, 1.54) is 24.3 Å². The van der Waals surface area contributed by atoms with Crippen molar-refractivity contribution in [2.75, 3.05) is 0 Å². The summed E-state index contributed by atoms with van der Waals surface area (Å²) in [4.78, 5) is 12.0. The van der Waals surface area contributed by atoms with Gasteiger partial charge in [-0.25, -0.2) is 4.39 Å². The van der Waals surface area contributed by atoms with Gasteiger partial charge in [-0.15, -0.1) is 0 Å². The highest BCUT2D eigenvalue weighted by molar-refractivity contribution is 6.02. The lowest BCUT2D eigenvalue weighted by Crippen LogP contribution is -2.27.